The topological polar surface area (TPSA) is 38.5 Å². The smallest absolute Gasteiger partial charge is 0.0706 e. The van der Waals surface area contributed by atoms with Crippen LogP contribution in [0.1, 0.15) is 39.5 Å². The van der Waals surface area contributed by atoms with Crippen LogP contribution in [0.3, 0.4) is 0 Å². The Kier molecular flexibility index (Phi) is 3.88. The SMILES string of the molecule is CC1CCC(CN2CCC(C)(CN)CC2)O1. The van der Waals surface area contributed by atoms with E-state index in [1.54, 1.807) is 0 Å². The summed E-state index contributed by atoms with van der Waals surface area (Å²) in [4.78, 5) is 2.56. The third-order valence-electron chi connectivity index (χ3n) is 4.34. The summed E-state index contributed by atoms with van der Waals surface area (Å²) >= 11 is 0. The van der Waals surface area contributed by atoms with Crippen LogP contribution in [0.25, 0.3) is 0 Å². The minimum atomic E-state index is 0.389. The van der Waals surface area contributed by atoms with Crippen molar-refractivity contribution in [3.05, 3.63) is 0 Å². The zero-order valence-corrected chi connectivity index (χ0v) is 10.7. The van der Waals surface area contributed by atoms with Gasteiger partial charge in [-0.3, -0.25) is 0 Å². The molecule has 0 saturated carbocycles. The highest BCUT2D eigenvalue weighted by atomic mass is 16.5. The fourth-order valence-electron chi connectivity index (χ4n) is 2.79. The first-order valence-electron chi connectivity index (χ1n) is 6.69. The number of likely N-dealkylation sites (tertiary alicyclic amines) is 1. The Hall–Kier alpha value is -0.120. The van der Waals surface area contributed by atoms with Gasteiger partial charge in [0.25, 0.3) is 0 Å². The van der Waals surface area contributed by atoms with E-state index in [0.717, 1.165) is 13.1 Å². The Balaban J connectivity index is 1.73. The van der Waals surface area contributed by atoms with E-state index in [2.05, 4.69) is 18.7 Å². The lowest BCUT2D eigenvalue weighted by atomic mass is 9.80. The predicted octanol–water partition coefficient (Wildman–Crippen LogP) is 1.61. The summed E-state index contributed by atoms with van der Waals surface area (Å²) in [5, 5.41) is 0. The zero-order chi connectivity index (χ0) is 11.6. The highest BCUT2D eigenvalue weighted by molar-refractivity contribution is 4.84. The number of nitrogens with zero attached hydrogens (tertiary/aromatic N) is 1. The van der Waals surface area contributed by atoms with Gasteiger partial charge in [-0.2, -0.15) is 0 Å². The van der Waals surface area contributed by atoms with Crippen molar-refractivity contribution in [1.29, 1.82) is 0 Å². The summed E-state index contributed by atoms with van der Waals surface area (Å²) in [5.41, 5.74) is 6.21. The van der Waals surface area contributed by atoms with Crippen molar-refractivity contribution < 1.29 is 4.74 Å². The maximum atomic E-state index is 5.88. The highest BCUT2D eigenvalue weighted by Crippen LogP contribution is 2.30. The Morgan fingerprint density at radius 3 is 2.50 bits per heavy atom. The minimum Gasteiger partial charge on any atom is -0.374 e. The molecule has 0 aliphatic carbocycles. The first-order valence-corrected chi connectivity index (χ1v) is 6.69. The van der Waals surface area contributed by atoms with E-state index >= 15 is 0 Å². The van der Waals surface area contributed by atoms with Crippen molar-refractivity contribution in [3.63, 3.8) is 0 Å². The van der Waals surface area contributed by atoms with E-state index in [-0.39, 0.29) is 0 Å². The molecule has 2 fully saturated rings. The van der Waals surface area contributed by atoms with E-state index in [1.165, 1.54) is 38.8 Å². The molecule has 2 atom stereocenters. The highest BCUT2D eigenvalue weighted by Gasteiger charge is 2.31. The summed E-state index contributed by atoms with van der Waals surface area (Å²) < 4.78 is 5.88. The maximum Gasteiger partial charge on any atom is 0.0706 e. The first kappa shape index (κ1) is 12.3. The number of piperidine rings is 1. The van der Waals surface area contributed by atoms with Crippen LogP contribution in [0.5, 0.6) is 0 Å². The normalized spacial score (nSPS) is 35.4. The van der Waals surface area contributed by atoms with Crippen LogP contribution in [-0.2, 0) is 4.74 Å². The van der Waals surface area contributed by atoms with Gasteiger partial charge in [-0.05, 0) is 57.7 Å². The van der Waals surface area contributed by atoms with Gasteiger partial charge in [0.2, 0.25) is 0 Å². The average molecular weight is 226 g/mol. The first-order chi connectivity index (χ1) is 7.61. The third kappa shape index (κ3) is 2.96. The van der Waals surface area contributed by atoms with Crippen molar-refractivity contribution in [1.82, 2.24) is 4.90 Å². The molecule has 0 aromatic heterocycles. The molecule has 2 heterocycles. The summed E-state index contributed by atoms with van der Waals surface area (Å²) in [6.45, 7) is 8.85. The van der Waals surface area contributed by atoms with Gasteiger partial charge in [0, 0.05) is 6.54 Å². The molecule has 0 bridgehead atoms. The van der Waals surface area contributed by atoms with Crippen molar-refractivity contribution in [3.8, 4) is 0 Å². The Labute approximate surface area is 99.3 Å². The molecule has 3 heteroatoms. The fraction of sp³-hybridized carbons (Fsp3) is 1.00. The van der Waals surface area contributed by atoms with Crippen molar-refractivity contribution >= 4 is 0 Å². The molecule has 2 N–H and O–H groups in total. The van der Waals surface area contributed by atoms with E-state index in [4.69, 9.17) is 10.5 Å². The Bertz CT molecular complexity index is 224. The molecule has 2 aliphatic heterocycles. The van der Waals surface area contributed by atoms with Crippen LogP contribution in [0.2, 0.25) is 0 Å². The molecule has 16 heavy (non-hydrogen) atoms. The molecule has 2 rings (SSSR count). The standard InChI is InChI=1S/C13H26N2O/c1-11-3-4-12(16-11)9-15-7-5-13(2,10-14)6-8-15/h11-12H,3-10,14H2,1-2H3. The Morgan fingerprint density at radius 2 is 2.00 bits per heavy atom. The zero-order valence-electron chi connectivity index (χ0n) is 10.7. The van der Waals surface area contributed by atoms with Crippen LogP contribution < -0.4 is 5.73 Å². The van der Waals surface area contributed by atoms with Gasteiger partial charge in [-0.1, -0.05) is 6.92 Å². The summed E-state index contributed by atoms with van der Waals surface area (Å²) in [6.07, 6.45) is 5.92. The van der Waals surface area contributed by atoms with E-state index in [0.29, 0.717) is 17.6 Å². The second kappa shape index (κ2) is 5.03. The lowest BCUT2D eigenvalue weighted by Crippen LogP contribution is -2.44. The molecular weight excluding hydrogens is 200 g/mol. The predicted molar refractivity (Wildman–Crippen MR) is 66.4 cm³/mol. The van der Waals surface area contributed by atoms with Crippen LogP contribution in [0.4, 0.5) is 0 Å². The molecule has 0 radical (unpaired) electrons. The number of hydrogen-bond donors (Lipinski definition) is 1. The van der Waals surface area contributed by atoms with E-state index < -0.39 is 0 Å². The van der Waals surface area contributed by atoms with Gasteiger partial charge < -0.3 is 15.4 Å². The van der Waals surface area contributed by atoms with Crippen molar-refractivity contribution in [2.45, 2.75) is 51.7 Å². The number of ether oxygens (including phenoxy) is 1. The third-order valence-corrected chi connectivity index (χ3v) is 4.34. The molecular formula is C13H26N2O. The minimum absolute atomic E-state index is 0.389. The van der Waals surface area contributed by atoms with Crippen LogP contribution in [-0.4, -0.2) is 43.3 Å². The second-order valence-electron chi connectivity index (χ2n) is 5.96. The molecule has 2 saturated heterocycles. The summed E-state index contributed by atoms with van der Waals surface area (Å²) in [6, 6.07) is 0. The molecule has 0 aromatic carbocycles. The molecule has 2 aliphatic rings. The van der Waals surface area contributed by atoms with E-state index in [1.807, 2.05) is 0 Å². The lowest BCUT2D eigenvalue weighted by Gasteiger charge is -2.39. The van der Waals surface area contributed by atoms with Crippen molar-refractivity contribution in [2.24, 2.45) is 11.1 Å². The van der Waals surface area contributed by atoms with Gasteiger partial charge in [0.05, 0.1) is 12.2 Å². The van der Waals surface area contributed by atoms with E-state index in [9.17, 15) is 0 Å². The summed E-state index contributed by atoms with van der Waals surface area (Å²) in [7, 11) is 0. The molecule has 2 unspecified atom stereocenters. The molecule has 0 aromatic rings. The average Bonchev–Trinajstić information content (AvgIpc) is 2.68. The lowest BCUT2D eigenvalue weighted by molar-refractivity contribution is 0.0168. The summed E-state index contributed by atoms with van der Waals surface area (Å²) in [5.74, 6) is 0. The number of nitrogens with two attached hydrogens (primary N) is 1. The largest absolute Gasteiger partial charge is 0.374 e. The number of rotatable bonds is 3. The van der Waals surface area contributed by atoms with Gasteiger partial charge in [-0.25, -0.2) is 0 Å². The van der Waals surface area contributed by atoms with Gasteiger partial charge in [0.1, 0.15) is 0 Å². The van der Waals surface area contributed by atoms with Gasteiger partial charge >= 0.3 is 0 Å². The van der Waals surface area contributed by atoms with Crippen molar-refractivity contribution in [2.75, 3.05) is 26.2 Å². The second-order valence-corrected chi connectivity index (χ2v) is 5.96. The monoisotopic (exact) mass is 226 g/mol. The Morgan fingerprint density at radius 1 is 1.31 bits per heavy atom. The van der Waals surface area contributed by atoms with Gasteiger partial charge in [-0.15, -0.1) is 0 Å². The molecule has 94 valence electrons. The van der Waals surface area contributed by atoms with Crippen LogP contribution in [0.15, 0.2) is 0 Å². The molecule has 0 spiro atoms. The number of hydrogen-bond acceptors (Lipinski definition) is 3. The quantitative estimate of drug-likeness (QED) is 0.794. The molecule has 0 amide bonds. The van der Waals surface area contributed by atoms with Crippen LogP contribution in [0, 0.1) is 5.41 Å². The van der Waals surface area contributed by atoms with Gasteiger partial charge in [0.15, 0.2) is 0 Å². The van der Waals surface area contributed by atoms with Crippen LogP contribution >= 0.6 is 0 Å². The fourth-order valence-corrected chi connectivity index (χ4v) is 2.79. The molecule has 3 nitrogen and oxygen atoms in total. The maximum absolute atomic E-state index is 5.88.